The average Bonchev–Trinajstić information content (AvgIpc) is 2.55. The van der Waals surface area contributed by atoms with Crippen LogP contribution in [0.4, 0.5) is 0 Å². The number of hydrogen-bond acceptors (Lipinski definition) is 3. The van der Waals surface area contributed by atoms with Crippen LogP contribution in [0.15, 0.2) is 6.20 Å². The smallest absolute Gasteiger partial charge is 0.223 e. The molecule has 108 valence electrons. The molecule has 2 unspecified atom stereocenters. The van der Waals surface area contributed by atoms with Crippen molar-refractivity contribution in [3.63, 3.8) is 0 Å². The molecule has 2 rings (SSSR count). The second-order valence-electron chi connectivity index (χ2n) is 5.28. The fourth-order valence-corrected chi connectivity index (χ4v) is 2.34. The third kappa shape index (κ3) is 3.48. The summed E-state index contributed by atoms with van der Waals surface area (Å²) < 4.78 is 1.78. The maximum atomic E-state index is 12.1. The second-order valence-corrected chi connectivity index (χ2v) is 5.28. The molecule has 1 aliphatic heterocycles. The molecule has 0 saturated carbocycles. The summed E-state index contributed by atoms with van der Waals surface area (Å²) >= 11 is 0. The van der Waals surface area contributed by atoms with Crippen molar-refractivity contribution in [3.8, 4) is 0 Å². The van der Waals surface area contributed by atoms with Crippen LogP contribution < -0.4 is 10.6 Å². The van der Waals surface area contributed by atoms with Gasteiger partial charge in [-0.25, -0.2) is 0 Å². The van der Waals surface area contributed by atoms with Gasteiger partial charge in [-0.05, 0) is 32.9 Å². The Morgan fingerprint density at radius 3 is 2.58 bits per heavy atom. The van der Waals surface area contributed by atoms with Gasteiger partial charge in [0.05, 0.1) is 11.7 Å². The van der Waals surface area contributed by atoms with E-state index in [0.717, 1.165) is 24.3 Å². The summed E-state index contributed by atoms with van der Waals surface area (Å²) in [5, 5.41) is 10.6. The van der Waals surface area contributed by atoms with Gasteiger partial charge in [-0.3, -0.25) is 9.48 Å². The largest absolute Gasteiger partial charge is 0.349 e. The summed E-state index contributed by atoms with van der Waals surface area (Å²) in [5.41, 5.74) is 2.06. The van der Waals surface area contributed by atoms with Crippen LogP contribution in [0.25, 0.3) is 0 Å². The van der Waals surface area contributed by atoms with E-state index in [9.17, 15) is 4.79 Å². The highest BCUT2D eigenvalue weighted by atomic mass is 35.5. The van der Waals surface area contributed by atoms with Crippen LogP contribution in [0.3, 0.4) is 0 Å². The van der Waals surface area contributed by atoms with E-state index in [1.165, 1.54) is 0 Å². The predicted octanol–water partition coefficient (Wildman–Crippen LogP) is 1.18. The van der Waals surface area contributed by atoms with E-state index in [4.69, 9.17) is 0 Å². The van der Waals surface area contributed by atoms with E-state index >= 15 is 0 Å². The van der Waals surface area contributed by atoms with Gasteiger partial charge in [-0.1, -0.05) is 6.92 Å². The van der Waals surface area contributed by atoms with Crippen molar-refractivity contribution < 1.29 is 4.79 Å². The molecular formula is C13H23ClN4O. The van der Waals surface area contributed by atoms with E-state index < -0.39 is 0 Å². The maximum absolute atomic E-state index is 12.1. The second kappa shape index (κ2) is 6.39. The number of halogens is 1. The van der Waals surface area contributed by atoms with Crippen molar-refractivity contribution in [2.75, 3.05) is 13.1 Å². The Balaban J connectivity index is 0.00000180. The number of aromatic nitrogens is 2. The molecule has 0 aromatic carbocycles. The maximum Gasteiger partial charge on any atom is 0.223 e. The number of nitrogens with one attached hydrogen (secondary N) is 2. The van der Waals surface area contributed by atoms with Gasteiger partial charge in [0.2, 0.25) is 5.91 Å². The highest BCUT2D eigenvalue weighted by Gasteiger charge is 2.29. The Bertz CT molecular complexity index is 442. The zero-order valence-electron chi connectivity index (χ0n) is 11.9. The fraction of sp³-hybridized carbons (Fsp3) is 0.692. The number of rotatable bonds is 4. The lowest BCUT2D eigenvalue weighted by Crippen LogP contribution is -2.49. The Kier molecular flexibility index (Phi) is 5.38. The number of carbonyl (C=O) groups excluding carboxylic acids is 1. The molecule has 19 heavy (non-hydrogen) atoms. The first kappa shape index (κ1) is 16.0. The Morgan fingerprint density at radius 1 is 1.53 bits per heavy atom. The van der Waals surface area contributed by atoms with Crippen LogP contribution >= 0.6 is 12.4 Å². The molecule has 0 spiro atoms. The van der Waals surface area contributed by atoms with Crippen LogP contribution in [0.5, 0.6) is 0 Å². The first-order valence-electron chi connectivity index (χ1n) is 6.50. The standard InChI is InChI=1S/C13H22N4O.ClH/c1-8(11-5-14-6-11)13(18)15-9(2)12-7-17(4)16-10(12)3;/h7-9,11,14H,5-6H2,1-4H3,(H,15,18);1H. The quantitative estimate of drug-likeness (QED) is 0.874. The number of hydrogen-bond donors (Lipinski definition) is 2. The molecule has 5 nitrogen and oxygen atoms in total. The number of amides is 1. The molecule has 1 aromatic heterocycles. The van der Waals surface area contributed by atoms with Gasteiger partial charge in [0, 0.05) is 24.7 Å². The van der Waals surface area contributed by atoms with Crippen molar-refractivity contribution >= 4 is 18.3 Å². The molecular weight excluding hydrogens is 264 g/mol. The zero-order valence-corrected chi connectivity index (χ0v) is 12.8. The summed E-state index contributed by atoms with van der Waals surface area (Å²) in [7, 11) is 1.90. The lowest BCUT2D eigenvalue weighted by atomic mass is 9.88. The van der Waals surface area contributed by atoms with Crippen molar-refractivity contribution in [1.82, 2.24) is 20.4 Å². The minimum atomic E-state index is 0. The summed E-state index contributed by atoms with van der Waals surface area (Å²) in [6.07, 6.45) is 1.97. The van der Waals surface area contributed by atoms with Gasteiger partial charge in [0.25, 0.3) is 0 Å². The molecule has 2 N–H and O–H groups in total. The SMILES string of the molecule is Cc1nn(C)cc1C(C)NC(=O)C(C)C1CNC1.Cl. The molecule has 0 radical (unpaired) electrons. The monoisotopic (exact) mass is 286 g/mol. The third-order valence-electron chi connectivity index (χ3n) is 3.81. The van der Waals surface area contributed by atoms with Crippen LogP contribution in [0.2, 0.25) is 0 Å². The normalized spacial score (nSPS) is 18.1. The average molecular weight is 287 g/mol. The van der Waals surface area contributed by atoms with E-state index in [-0.39, 0.29) is 30.3 Å². The van der Waals surface area contributed by atoms with Crippen molar-refractivity contribution in [1.29, 1.82) is 0 Å². The van der Waals surface area contributed by atoms with E-state index in [1.54, 1.807) is 4.68 Å². The van der Waals surface area contributed by atoms with Crippen molar-refractivity contribution in [3.05, 3.63) is 17.5 Å². The minimum Gasteiger partial charge on any atom is -0.349 e. The summed E-state index contributed by atoms with van der Waals surface area (Å²) in [6.45, 7) is 7.89. The predicted molar refractivity (Wildman–Crippen MR) is 77.3 cm³/mol. The van der Waals surface area contributed by atoms with Crippen LogP contribution in [0.1, 0.15) is 31.1 Å². The zero-order chi connectivity index (χ0) is 13.3. The van der Waals surface area contributed by atoms with Crippen molar-refractivity contribution in [2.45, 2.75) is 26.8 Å². The highest BCUT2D eigenvalue weighted by Crippen LogP contribution is 2.19. The molecule has 1 fully saturated rings. The Hall–Kier alpha value is -1.07. The van der Waals surface area contributed by atoms with Gasteiger partial charge in [0.15, 0.2) is 0 Å². The molecule has 2 atom stereocenters. The summed E-state index contributed by atoms with van der Waals surface area (Å²) in [5.74, 6) is 0.690. The molecule has 6 heteroatoms. The first-order valence-corrected chi connectivity index (χ1v) is 6.50. The molecule has 0 bridgehead atoms. The van der Waals surface area contributed by atoms with Gasteiger partial charge < -0.3 is 10.6 Å². The molecule has 1 aliphatic rings. The van der Waals surface area contributed by atoms with E-state index in [2.05, 4.69) is 15.7 Å². The van der Waals surface area contributed by atoms with Crippen LogP contribution in [-0.4, -0.2) is 28.8 Å². The van der Waals surface area contributed by atoms with Crippen molar-refractivity contribution in [2.24, 2.45) is 18.9 Å². The molecule has 1 saturated heterocycles. The number of nitrogens with zero attached hydrogens (tertiary/aromatic N) is 2. The Labute approximate surface area is 120 Å². The lowest BCUT2D eigenvalue weighted by Gasteiger charge is -2.32. The molecule has 1 aromatic rings. The summed E-state index contributed by atoms with van der Waals surface area (Å²) in [6, 6.07) is 0.0154. The Morgan fingerprint density at radius 2 is 2.16 bits per heavy atom. The minimum absolute atomic E-state index is 0. The van der Waals surface area contributed by atoms with E-state index in [1.807, 2.05) is 34.0 Å². The molecule has 2 heterocycles. The van der Waals surface area contributed by atoms with Gasteiger partial charge >= 0.3 is 0 Å². The molecule has 1 amide bonds. The topological polar surface area (TPSA) is 59.0 Å². The van der Waals surface area contributed by atoms with Crippen LogP contribution in [-0.2, 0) is 11.8 Å². The molecule has 0 aliphatic carbocycles. The number of carbonyl (C=O) groups is 1. The lowest BCUT2D eigenvalue weighted by molar-refractivity contribution is -0.127. The third-order valence-corrected chi connectivity index (χ3v) is 3.81. The highest BCUT2D eigenvalue weighted by molar-refractivity contribution is 5.85. The van der Waals surface area contributed by atoms with E-state index in [0.29, 0.717) is 5.92 Å². The van der Waals surface area contributed by atoms with Gasteiger partial charge in [-0.2, -0.15) is 5.10 Å². The van der Waals surface area contributed by atoms with Gasteiger partial charge in [-0.15, -0.1) is 12.4 Å². The van der Waals surface area contributed by atoms with Gasteiger partial charge in [0.1, 0.15) is 0 Å². The van der Waals surface area contributed by atoms with Crippen LogP contribution in [0, 0.1) is 18.8 Å². The summed E-state index contributed by atoms with van der Waals surface area (Å²) in [4.78, 5) is 12.1. The number of aryl methyl sites for hydroxylation is 2. The fourth-order valence-electron chi connectivity index (χ4n) is 2.34. The first-order chi connectivity index (χ1) is 8.49.